The lowest BCUT2D eigenvalue weighted by Crippen LogP contribution is -2.50. The highest BCUT2D eigenvalue weighted by Crippen LogP contribution is 2.31. The summed E-state index contributed by atoms with van der Waals surface area (Å²) in [6.45, 7) is 4.84. The molecule has 2 atom stereocenters. The summed E-state index contributed by atoms with van der Waals surface area (Å²) in [5, 5.41) is 4.42. The molecule has 4 heteroatoms. The quantitative estimate of drug-likeness (QED) is 0.833. The summed E-state index contributed by atoms with van der Waals surface area (Å²) in [7, 11) is 2.28. The van der Waals surface area contributed by atoms with E-state index in [0.29, 0.717) is 0 Å². The number of aromatic nitrogens is 2. The molecule has 0 bridgehead atoms. The Bertz CT molecular complexity index is 664. The number of fused-ring (bicyclic) bond motifs is 1. The molecule has 25 heavy (non-hydrogen) atoms. The first-order chi connectivity index (χ1) is 12.3. The predicted molar refractivity (Wildman–Crippen MR) is 102 cm³/mol. The topological polar surface area (TPSA) is 24.3 Å². The maximum Gasteiger partial charge on any atom is 0.0690 e. The van der Waals surface area contributed by atoms with Crippen LogP contribution in [0.4, 0.5) is 0 Å². The Morgan fingerprint density at radius 3 is 2.84 bits per heavy atom. The van der Waals surface area contributed by atoms with Crippen molar-refractivity contribution in [1.82, 2.24) is 19.6 Å². The van der Waals surface area contributed by atoms with Crippen LogP contribution in [-0.2, 0) is 6.54 Å². The standard InChI is InChI=1S/C21H30N4/c1-23(16-18-9-6-14-24-13-5-4-10-20(18)24)17-19-8-2-3-11-21(19)25-15-7-12-22-25/h2-3,7-8,11-12,15,18,20H,4-6,9-10,13-14,16-17H2,1H3/t18-,20+/m0/s1. The van der Waals surface area contributed by atoms with Crippen molar-refractivity contribution in [3.8, 4) is 5.69 Å². The normalized spacial score (nSPS) is 24.4. The molecule has 0 saturated carbocycles. The third-order valence-corrected chi connectivity index (χ3v) is 5.96. The van der Waals surface area contributed by atoms with Gasteiger partial charge in [0.25, 0.3) is 0 Å². The predicted octanol–water partition coefficient (Wildman–Crippen LogP) is 3.57. The number of nitrogens with zero attached hydrogens (tertiary/aromatic N) is 4. The second kappa shape index (κ2) is 7.71. The first-order valence-electron chi connectivity index (χ1n) is 9.82. The zero-order valence-corrected chi connectivity index (χ0v) is 15.3. The van der Waals surface area contributed by atoms with Gasteiger partial charge in [0.2, 0.25) is 0 Å². The highest BCUT2D eigenvalue weighted by atomic mass is 15.3. The van der Waals surface area contributed by atoms with E-state index in [-0.39, 0.29) is 0 Å². The van der Waals surface area contributed by atoms with Crippen molar-refractivity contribution in [2.45, 2.75) is 44.7 Å². The molecule has 0 spiro atoms. The van der Waals surface area contributed by atoms with Crippen molar-refractivity contribution >= 4 is 0 Å². The van der Waals surface area contributed by atoms with Gasteiger partial charge in [-0.3, -0.25) is 0 Å². The van der Waals surface area contributed by atoms with E-state index in [2.05, 4.69) is 46.2 Å². The van der Waals surface area contributed by atoms with Crippen LogP contribution in [0.2, 0.25) is 0 Å². The molecule has 0 radical (unpaired) electrons. The molecule has 0 unspecified atom stereocenters. The molecule has 0 N–H and O–H groups in total. The van der Waals surface area contributed by atoms with E-state index >= 15 is 0 Å². The third-order valence-electron chi connectivity index (χ3n) is 5.96. The van der Waals surface area contributed by atoms with Crippen LogP contribution >= 0.6 is 0 Å². The Morgan fingerprint density at radius 2 is 1.96 bits per heavy atom. The molecule has 2 aliphatic heterocycles. The van der Waals surface area contributed by atoms with E-state index in [1.54, 1.807) is 0 Å². The first kappa shape index (κ1) is 16.8. The number of benzene rings is 1. The lowest BCUT2D eigenvalue weighted by atomic mass is 9.83. The largest absolute Gasteiger partial charge is 0.302 e. The van der Waals surface area contributed by atoms with Gasteiger partial charge in [-0.1, -0.05) is 24.6 Å². The van der Waals surface area contributed by atoms with Crippen LogP contribution in [0.25, 0.3) is 5.69 Å². The lowest BCUT2D eigenvalue weighted by molar-refractivity contribution is 0.0435. The van der Waals surface area contributed by atoms with Crippen LogP contribution in [0.1, 0.15) is 37.7 Å². The zero-order chi connectivity index (χ0) is 17.1. The van der Waals surface area contributed by atoms with Gasteiger partial charge >= 0.3 is 0 Å². The SMILES string of the molecule is CN(Cc1ccccc1-n1cccn1)C[C@@H]1CCCN2CCCC[C@H]12. The molecule has 2 saturated heterocycles. The Kier molecular flexibility index (Phi) is 5.18. The highest BCUT2D eigenvalue weighted by molar-refractivity contribution is 5.40. The smallest absolute Gasteiger partial charge is 0.0690 e. The van der Waals surface area contributed by atoms with E-state index in [4.69, 9.17) is 0 Å². The number of hydrogen-bond donors (Lipinski definition) is 0. The fourth-order valence-electron chi connectivity index (χ4n) is 4.83. The van der Waals surface area contributed by atoms with E-state index in [1.807, 2.05) is 23.1 Å². The first-order valence-corrected chi connectivity index (χ1v) is 9.82. The molecular weight excluding hydrogens is 308 g/mol. The van der Waals surface area contributed by atoms with E-state index < -0.39 is 0 Å². The monoisotopic (exact) mass is 338 g/mol. The number of rotatable bonds is 5. The van der Waals surface area contributed by atoms with Gasteiger partial charge in [0.15, 0.2) is 0 Å². The van der Waals surface area contributed by atoms with Crippen LogP contribution in [0.3, 0.4) is 0 Å². The Balaban J connectivity index is 1.43. The van der Waals surface area contributed by atoms with Gasteiger partial charge in [-0.15, -0.1) is 0 Å². The molecule has 2 aliphatic rings. The summed E-state index contributed by atoms with van der Waals surface area (Å²) in [4.78, 5) is 5.29. The summed E-state index contributed by atoms with van der Waals surface area (Å²) in [6.07, 6.45) is 10.9. The van der Waals surface area contributed by atoms with Crippen LogP contribution in [0, 0.1) is 5.92 Å². The molecule has 4 nitrogen and oxygen atoms in total. The van der Waals surface area contributed by atoms with Crippen molar-refractivity contribution in [1.29, 1.82) is 0 Å². The Hall–Kier alpha value is -1.65. The molecule has 1 aromatic heterocycles. The van der Waals surface area contributed by atoms with Gasteiger partial charge in [0.05, 0.1) is 5.69 Å². The third kappa shape index (κ3) is 3.80. The van der Waals surface area contributed by atoms with Crippen LogP contribution < -0.4 is 0 Å². The van der Waals surface area contributed by atoms with Crippen molar-refractivity contribution in [3.63, 3.8) is 0 Å². The minimum absolute atomic E-state index is 0.825. The average Bonchev–Trinajstić information content (AvgIpc) is 3.17. The van der Waals surface area contributed by atoms with Crippen LogP contribution in [-0.4, -0.2) is 52.3 Å². The van der Waals surface area contributed by atoms with Crippen molar-refractivity contribution in [3.05, 3.63) is 48.3 Å². The summed E-state index contributed by atoms with van der Waals surface area (Å²) in [5.41, 5.74) is 2.55. The molecule has 1 aromatic carbocycles. The number of hydrogen-bond acceptors (Lipinski definition) is 3. The zero-order valence-electron chi connectivity index (χ0n) is 15.3. The van der Waals surface area contributed by atoms with Gasteiger partial charge in [-0.05, 0) is 69.4 Å². The Labute approximate surface area is 151 Å². The molecule has 134 valence electrons. The summed E-state index contributed by atoms with van der Waals surface area (Å²) in [5.74, 6) is 0.830. The Morgan fingerprint density at radius 1 is 1.08 bits per heavy atom. The molecule has 0 amide bonds. The van der Waals surface area contributed by atoms with Gasteiger partial charge in [0, 0.05) is 31.5 Å². The maximum absolute atomic E-state index is 4.42. The summed E-state index contributed by atoms with van der Waals surface area (Å²) < 4.78 is 1.98. The lowest BCUT2D eigenvalue weighted by Gasteiger charge is -2.45. The maximum atomic E-state index is 4.42. The van der Waals surface area contributed by atoms with Gasteiger partial charge in [-0.25, -0.2) is 4.68 Å². The number of para-hydroxylation sites is 1. The van der Waals surface area contributed by atoms with Crippen molar-refractivity contribution in [2.24, 2.45) is 5.92 Å². The average molecular weight is 338 g/mol. The summed E-state index contributed by atoms with van der Waals surface area (Å²) in [6, 6.07) is 11.5. The molecule has 2 fully saturated rings. The molecular formula is C21H30N4. The molecule has 3 heterocycles. The van der Waals surface area contributed by atoms with E-state index in [9.17, 15) is 0 Å². The highest BCUT2D eigenvalue weighted by Gasteiger charge is 2.33. The number of piperidine rings is 2. The van der Waals surface area contributed by atoms with Gasteiger partial charge < -0.3 is 9.80 Å². The second-order valence-corrected chi connectivity index (χ2v) is 7.78. The van der Waals surface area contributed by atoms with Crippen molar-refractivity contribution in [2.75, 3.05) is 26.7 Å². The van der Waals surface area contributed by atoms with Crippen molar-refractivity contribution < 1.29 is 0 Å². The van der Waals surface area contributed by atoms with E-state index in [0.717, 1.165) is 18.5 Å². The fourth-order valence-corrected chi connectivity index (χ4v) is 4.83. The van der Waals surface area contributed by atoms with E-state index in [1.165, 1.54) is 63.0 Å². The second-order valence-electron chi connectivity index (χ2n) is 7.78. The van der Waals surface area contributed by atoms with Crippen LogP contribution in [0.5, 0.6) is 0 Å². The minimum atomic E-state index is 0.825. The minimum Gasteiger partial charge on any atom is -0.302 e. The summed E-state index contributed by atoms with van der Waals surface area (Å²) >= 11 is 0. The fraction of sp³-hybridized carbons (Fsp3) is 0.571. The van der Waals surface area contributed by atoms with Gasteiger partial charge in [0.1, 0.15) is 0 Å². The van der Waals surface area contributed by atoms with Gasteiger partial charge in [-0.2, -0.15) is 5.10 Å². The van der Waals surface area contributed by atoms with Crippen LogP contribution in [0.15, 0.2) is 42.7 Å². The molecule has 2 aromatic rings. The molecule has 0 aliphatic carbocycles. The molecule has 4 rings (SSSR count).